The molecule has 128 valence electrons. The van der Waals surface area contributed by atoms with Crippen molar-refractivity contribution in [1.29, 1.82) is 0 Å². The van der Waals surface area contributed by atoms with E-state index >= 15 is 0 Å². The van der Waals surface area contributed by atoms with E-state index in [0.717, 1.165) is 43.5 Å². The van der Waals surface area contributed by atoms with E-state index in [1.165, 1.54) is 6.42 Å². The fourth-order valence-corrected chi connectivity index (χ4v) is 3.21. The minimum atomic E-state index is 0.614. The third-order valence-corrected chi connectivity index (χ3v) is 4.51. The zero-order chi connectivity index (χ0) is 16.9. The van der Waals surface area contributed by atoms with E-state index in [2.05, 4.69) is 30.7 Å². The molecule has 1 aliphatic heterocycles. The van der Waals surface area contributed by atoms with Gasteiger partial charge < -0.3 is 5.32 Å². The first-order valence-corrected chi connectivity index (χ1v) is 8.58. The van der Waals surface area contributed by atoms with Gasteiger partial charge in [-0.25, -0.2) is 4.98 Å². The number of hydrogen-bond acceptors (Lipinski definition) is 6. The Morgan fingerprint density at radius 2 is 1.96 bits per heavy atom. The number of hydrogen-bond donors (Lipinski definition) is 1. The first kappa shape index (κ1) is 15.7. The van der Waals surface area contributed by atoms with Gasteiger partial charge >= 0.3 is 0 Å². The number of aromatic nitrogens is 5. The lowest BCUT2D eigenvalue weighted by Crippen LogP contribution is -2.24. The van der Waals surface area contributed by atoms with Gasteiger partial charge in [0.15, 0.2) is 5.82 Å². The van der Waals surface area contributed by atoms with Crippen molar-refractivity contribution in [1.82, 2.24) is 30.1 Å². The number of likely N-dealkylation sites (tertiary alicyclic amines) is 1. The highest BCUT2D eigenvalue weighted by Crippen LogP contribution is 2.19. The summed E-state index contributed by atoms with van der Waals surface area (Å²) in [5.41, 5.74) is 0.995. The Morgan fingerprint density at radius 3 is 2.80 bits per heavy atom. The second kappa shape index (κ2) is 7.40. The molecular weight excluding hydrogens is 314 g/mol. The Kier molecular flexibility index (Phi) is 4.65. The van der Waals surface area contributed by atoms with Crippen molar-refractivity contribution < 1.29 is 0 Å². The first-order valence-electron chi connectivity index (χ1n) is 8.58. The quantitative estimate of drug-likeness (QED) is 0.743. The first-order chi connectivity index (χ1) is 12.4. The Morgan fingerprint density at radius 1 is 1.08 bits per heavy atom. The van der Waals surface area contributed by atoms with Gasteiger partial charge in [0.25, 0.3) is 0 Å². The number of pyridine rings is 1. The van der Waals surface area contributed by atoms with Crippen LogP contribution < -0.4 is 5.32 Å². The molecule has 0 amide bonds. The number of tetrazole rings is 1. The molecule has 3 heterocycles. The zero-order valence-electron chi connectivity index (χ0n) is 14.0. The van der Waals surface area contributed by atoms with Gasteiger partial charge in [0.05, 0.1) is 12.2 Å². The molecule has 1 atom stereocenters. The summed E-state index contributed by atoms with van der Waals surface area (Å²) in [7, 11) is 0. The maximum atomic E-state index is 4.31. The molecule has 2 aromatic heterocycles. The topological polar surface area (TPSA) is 71.8 Å². The number of anilines is 1. The van der Waals surface area contributed by atoms with Crippen molar-refractivity contribution in [2.24, 2.45) is 5.92 Å². The summed E-state index contributed by atoms with van der Waals surface area (Å²) in [5, 5.41) is 15.6. The standard InChI is InChI=1S/C18H21N7/c1-2-6-16(7-3-1)25-18(21-22-23-25)14-24-11-9-15(13-24)12-20-17-8-4-5-10-19-17/h1-8,10,15H,9,11-14H2,(H,19,20)/t15-/m1/s1. The molecule has 0 bridgehead atoms. The normalized spacial score (nSPS) is 17.7. The Hall–Kier alpha value is -2.80. The van der Waals surface area contributed by atoms with Crippen LogP contribution >= 0.6 is 0 Å². The molecule has 0 unspecified atom stereocenters. The van der Waals surface area contributed by atoms with Crippen LogP contribution in [0.5, 0.6) is 0 Å². The van der Waals surface area contributed by atoms with Crippen LogP contribution in [-0.2, 0) is 6.54 Å². The maximum Gasteiger partial charge on any atom is 0.170 e. The van der Waals surface area contributed by atoms with Crippen molar-refractivity contribution in [3.63, 3.8) is 0 Å². The molecule has 3 aromatic rings. The predicted octanol–water partition coefficient (Wildman–Crippen LogP) is 1.99. The van der Waals surface area contributed by atoms with Crippen molar-refractivity contribution in [3.8, 4) is 5.69 Å². The molecule has 0 radical (unpaired) electrons. The maximum absolute atomic E-state index is 4.31. The second-order valence-electron chi connectivity index (χ2n) is 6.33. The zero-order valence-corrected chi connectivity index (χ0v) is 14.0. The lowest BCUT2D eigenvalue weighted by molar-refractivity contribution is 0.307. The Balaban J connectivity index is 1.34. The van der Waals surface area contributed by atoms with Crippen LogP contribution in [0.25, 0.3) is 5.69 Å². The molecule has 4 rings (SSSR count). The van der Waals surface area contributed by atoms with E-state index < -0.39 is 0 Å². The number of para-hydroxylation sites is 1. The summed E-state index contributed by atoms with van der Waals surface area (Å²) >= 11 is 0. The number of nitrogens with one attached hydrogen (secondary N) is 1. The van der Waals surface area contributed by atoms with Crippen molar-refractivity contribution in [2.75, 3.05) is 25.0 Å². The van der Waals surface area contributed by atoms with E-state index in [4.69, 9.17) is 0 Å². The molecule has 0 aliphatic carbocycles. The SMILES string of the molecule is c1ccc(-n2nnnc2CN2CC[C@H](CNc3ccccn3)C2)cc1. The van der Waals surface area contributed by atoms with Crippen LogP contribution in [0.2, 0.25) is 0 Å². The summed E-state index contributed by atoms with van der Waals surface area (Å²) in [4.78, 5) is 6.72. The summed E-state index contributed by atoms with van der Waals surface area (Å²) in [5.74, 6) is 2.43. The monoisotopic (exact) mass is 335 g/mol. The molecule has 7 heteroatoms. The van der Waals surface area contributed by atoms with Gasteiger partial charge in [0.2, 0.25) is 0 Å². The van der Waals surface area contributed by atoms with Gasteiger partial charge in [-0.05, 0) is 53.6 Å². The number of rotatable bonds is 6. The minimum absolute atomic E-state index is 0.614. The molecular formula is C18H21N7. The fourth-order valence-electron chi connectivity index (χ4n) is 3.21. The highest BCUT2D eigenvalue weighted by atomic mass is 15.5. The van der Waals surface area contributed by atoms with Crippen molar-refractivity contribution in [2.45, 2.75) is 13.0 Å². The number of nitrogens with zero attached hydrogens (tertiary/aromatic N) is 6. The minimum Gasteiger partial charge on any atom is -0.370 e. The molecule has 7 nitrogen and oxygen atoms in total. The van der Waals surface area contributed by atoms with Gasteiger partial charge in [0.1, 0.15) is 5.82 Å². The van der Waals surface area contributed by atoms with E-state index in [1.54, 1.807) is 0 Å². The Labute approximate surface area is 146 Å². The van der Waals surface area contributed by atoms with Gasteiger partial charge in [0, 0.05) is 19.3 Å². The molecule has 0 saturated carbocycles. The molecule has 25 heavy (non-hydrogen) atoms. The predicted molar refractivity (Wildman–Crippen MR) is 95.3 cm³/mol. The summed E-state index contributed by atoms with van der Waals surface area (Å²) in [6.45, 7) is 3.82. The molecule has 1 N–H and O–H groups in total. The molecule has 1 aromatic carbocycles. The number of benzene rings is 1. The van der Waals surface area contributed by atoms with Crippen LogP contribution in [0.15, 0.2) is 54.7 Å². The smallest absolute Gasteiger partial charge is 0.170 e. The fraction of sp³-hybridized carbons (Fsp3) is 0.333. The van der Waals surface area contributed by atoms with Gasteiger partial charge in [-0.3, -0.25) is 4.90 Å². The van der Waals surface area contributed by atoms with Crippen LogP contribution in [-0.4, -0.2) is 49.7 Å². The molecule has 1 fully saturated rings. The van der Waals surface area contributed by atoms with E-state index in [0.29, 0.717) is 5.92 Å². The van der Waals surface area contributed by atoms with Gasteiger partial charge in [-0.15, -0.1) is 5.10 Å². The average molecular weight is 335 g/mol. The largest absolute Gasteiger partial charge is 0.370 e. The Bertz CT molecular complexity index is 787. The van der Waals surface area contributed by atoms with Crippen LogP contribution in [0, 0.1) is 5.92 Å². The lowest BCUT2D eigenvalue weighted by Gasteiger charge is -2.16. The van der Waals surface area contributed by atoms with E-state index in [1.807, 2.05) is 59.4 Å². The summed E-state index contributed by atoms with van der Waals surface area (Å²) in [6, 6.07) is 16.0. The van der Waals surface area contributed by atoms with Crippen molar-refractivity contribution >= 4 is 5.82 Å². The van der Waals surface area contributed by atoms with Crippen LogP contribution in [0.4, 0.5) is 5.82 Å². The van der Waals surface area contributed by atoms with Gasteiger partial charge in [-0.2, -0.15) is 4.68 Å². The highest BCUT2D eigenvalue weighted by molar-refractivity contribution is 5.33. The van der Waals surface area contributed by atoms with Gasteiger partial charge in [-0.1, -0.05) is 24.3 Å². The second-order valence-corrected chi connectivity index (χ2v) is 6.33. The molecule has 1 saturated heterocycles. The van der Waals surface area contributed by atoms with Crippen LogP contribution in [0.1, 0.15) is 12.2 Å². The van der Waals surface area contributed by atoms with E-state index in [9.17, 15) is 0 Å². The van der Waals surface area contributed by atoms with Crippen LogP contribution in [0.3, 0.4) is 0 Å². The third-order valence-electron chi connectivity index (χ3n) is 4.51. The molecule has 1 aliphatic rings. The third kappa shape index (κ3) is 3.83. The summed E-state index contributed by atoms with van der Waals surface area (Å²) in [6.07, 6.45) is 2.99. The highest BCUT2D eigenvalue weighted by Gasteiger charge is 2.24. The lowest BCUT2D eigenvalue weighted by atomic mass is 10.1. The van der Waals surface area contributed by atoms with E-state index in [-0.39, 0.29) is 0 Å². The van der Waals surface area contributed by atoms with Crippen molar-refractivity contribution in [3.05, 3.63) is 60.6 Å². The molecule has 0 spiro atoms. The summed E-state index contributed by atoms with van der Waals surface area (Å²) < 4.78 is 1.82. The average Bonchev–Trinajstić information content (AvgIpc) is 3.31.